The number of aromatic amines is 1. The Labute approximate surface area is 165 Å². The minimum Gasteiger partial charge on any atom is -0.355 e. The van der Waals surface area contributed by atoms with Crippen LogP contribution in [0.25, 0.3) is 22.2 Å². The number of aromatic nitrogens is 1. The van der Waals surface area contributed by atoms with E-state index in [4.69, 9.17) is 0 Å². The van der Waals surface area contributed by atoms with Gasteiger partial charge in [0.25, 0.3) is 0 Å². The number of rotatable bonds is 7. The Bertz CT molecular complexity index is 1160. The first-order valence-electron chi connectivity index (χ1n) is 8.61. The van der Waals surface area contributed by atoms with Gasteiger partial charge in [0.1, 0.15) is 17.5 Å². The molecule has 0 saturated carbocycles. The number of H-pyrrole nitrogens is 1. The predicted molar refractivity (Wildman–Crippen MR) is 103 cm³/mol. The zero-order chi connectivity index (χ0) is 21.2. The second kappa shape index (κ2) is 8.26. The summed E-state index contributed by atoms with van der Waals surface area (Å²) >= 11 is 0. The number of sulfonamides is 1. The van der Waals surface area contributed by atoms with Gasteiger partial charge in [-0.25, -0.2) is 26.3 Å². The molecule has 0 radical (unpaired) electrons. The molecular weight excluding hydrogens is 407 g/mol. The Morgan fingerprint density at radius 1 is 1.07 bits per heavy atom. The summed E-state index contributed by atoms with van der Waals surface area (Å²) < 4.78 is 65.4. The molecule has 0 aliphatic carbocycles. The van der Waals surface area contributed by atoms with E-state index in [1.54, 1.807) is 0 Å². The van der Waals surface area contributed by atoms with Crippen LogP contribution < -0.4 is 10.0 Å². The maximum absolute atomic E-state index is 14.2. The van der Waals surface area contributed by atoms with Crippen LogP contribution in [0.4, 0.5) is 13.2 Å². The zero-order valence-corrected chi connectivity index (χ0v) is 16.2. The molecule has 29 heavy (non-hydrogen) atoms. The summed E-state index contributed by atoms with van der Waals surface area (Å²) in [6, 6.07) is 7.46. The second-order valence-electron chi connectivity index (χ2n) is 6.49. The molecule has 0 spiro atoms. The Balaban J connectivity index is 1.88. The third kappa shape index (κ3) is 5.15. The van der Waals surface area contributed by atoms with Crippen LogP contribution in [0.1, 0.15) is 5.56 Å². The molecule has 0 unspecified atom stereocenters. The van der Waals surface area contributed by atoms with Crippen molar-refractivity contribution in [2.75, 3.05) is 19.3 Å². The number of hydrogen-bond acceptors (Lipinski definition) is 3. The molecule has 10 heteroatoms. The molecule has 6 nitrogen and oxygen atoms in total. The smallest absolute Gasteiger partial charge is 0.235 e. The van der Waals surface area contributed by atoms with Crippen molar-refractivity contribution in [2.45, 2.75) is 6.42 Å². The number of carbonyl (C=O) groups excluding carboxylic acids is 1. The van der Waals surface area contributed by atoms with Gasteiger partial charge >= 0.3 is 0 Å². The average Bonchev–Trinajstić information content (AvgIpc) is 2.99. The highest BCUT2D eigenvalue weighted by molar-refractivity contribution is 7.88. The molecule has 154 valence electrons. The van der Waals surface area contributed by atoms with Crippen molar-refractivity contribution >= 4 is 26.8 Å². The molecule has 2 aromatic carbocycles. The van der Waals surface area contributed by atoms with Gasteiger partial charge in [-0.2, -0.15) is 0 Å². The van der Waals surface area contributed by atoms with E-state index >= 15 is 0 Å². The molecule has 3 N–H and O–H groups in total. The second-order valence-corrected chi connectivity index (χ2v) is 8.32. The van der Waals surface area contributed by atoms with Gasteiger partial charge in [0, 0.05) is 23.7 Å². The number of fused-ring (bicyclic) bond motifs is 1. The fraction of sp³-hybridized carbons (Fsp3) is 0.211. The Morgan fingerprint density at radius 2 is 1.76 bits per heavy atom. The van der Waals surface area contributed by atoms with Gasteiger partial charge in [-0.05, 0) is 47.9 Å². The lowest BCUT2D eigenvalue weighted by Gasteiger charge is -2.08. The molecule has 0 aliphatic rings. The van der Waals surface area contributed by atoms with Crippen LogP contribution in [0.3, 0.4) is 0 Å². The van der Waals surface area contributed by atoms with Gasteiger partial charge in [-0.15, -0.1) is 0 Å². The van der Waals surface area contributed by atoms with Crippen LogP contribution in [0.15, 0.2) is 36.4 Å². The zero-order valence-electron chi connectivity index (χ0n) is 15.4. The lowest BCUT2D eigenvalue weighted by Crippen LogP contribution is -2.37. The molecule has 0 atom stereocenters. The van der Waals surface area contributed by atoms with Crippen molar-refractivity contribution in [3.63, 3.8) is 0 Å². The quantitative estimate of drug-likeness (QED) is 0.543. The van der Waals surface area contributed by atoms with Crippen LogP contribution in [0.5, 0.6) is 0 Å². The summed E-state index contributed by atoms with van der Waals surface area (Å²) in [6.45, 7) is -0.315. The monoisotopic (exact) mass is 425 g/mol. The van der Waals surface area contributed by atoms with E-state index < -0.39 is 39.9 Å². The van der Waals surface area contributed by atoms with E-state index in [1.807, 2.05) is 0 Å². The largest absolute Gasteiger partial charge is 0.355 e. The van der Waals surface area contributed by atoms with Gasteiger partial charge in [-0.1, -0.05) is 0 Å². The Kier molecular flexibility index (Phi) is 5.94. The SMILES string of the molecule is CS(=O)(=O)NCC(=O)NCCc1c(-c2ccc(F)cc2)[nH]c2c(F)cc(F)cc12. The van der Waals surface area contributed by atoms with Crippen molar-refractivity contribution in [3.05, 3.63) is 59.4 Å². The van der Waals surface area contributed by atoms with Crippen molar-refractivity contribution < 1.29 is 26.4 Å². The topological polar surface area (TPSA) is 91.1 Å². The Morgan fingerprint density at radius 3 is 2.41 bits per heavy atom. The van der Waals surface area contributed by atoms with Gasteiger partial charge in [-0.3, -0.25) is 4.79 Å². The Hall–Kier alpha value is -2.85. The minimum absolute atomic E-state index is 0.101. The maximum Gasteiger partial charge on any atom is 0.235 e. The number of halogens is 3. The van der Waals surface area contributed by atoms with E-state index in [1.165, 1.54) is 30.3 Å². The predicted octanol–water partition coefficient (Wildman–Crippen LogP) is 2.46. The van der Waals surface area contributed by atoms with E-state index in [9.17, 15) is 26.4 Å². The number of nitrogens with one attached hydrogen (secondary N) is 3. The molecule has 1 heterocycles. The maximum atomic E-state index is 14.2. The number of benzene rings is 2. The lowest BCUT2D eigenvalue weighted by molar-refractivity contribution is -0.119. The summed E-state index contributed by atoms with van der Waals surface area (Å²) in [4.78, 5) is 14.7. The third-order valence-electron chi connectivity index (χ3n) is 4.26. The highest BCUT2D eigenvalue weighted by atomic mass is 32.2. The van der Waals surface area contributed by atoms with Gasteiger partial charge < -0.3 is 10.3 Å². The van der Waals surface area contributed by atoms with Crippen LogP contribution >= 0.6 is 0 Å². The molecule has 0 saturated heterocycles. The van der Waals surface area contributed by atoms with E-state index in [2.05, 4.69) is 15.0 Å². The number of carbonyl (C=O) groups is 1. The van der Waals surface area contributed by atoms with E-state index in [0.29, 0.717) is 22.2 Å². The molecule has 3 rings (SSSR count). The van der Waals surface area contributed by atoms with Crippen LogP contribution in [0.2, 0.25) is 0 Å². The summed E-state index contributed by atoms with van der Waals surface area (Å²) in [5.74, 6) is -2.50. The van der Waals surface area contributed by atoms with E-state index in [0.717, 1.165) is 12.3 Å². The van der Waals surface area contributed by atoms with Gasteiger partial charge in [0.15, 0.2) is 0 Å². The van der Waals surface area contributed by atoms with Crippen molar-refractivity contribution in [1.82, 2.24) is 15.0 Å². The molecule has 3 aromatic rings. The van der Waals surface area contributed by atoms with Gasteiger partial charge in [0.05, 0.1) is 18.3 Å². The van der Waals surface area contributed by atoms with Crippen LogP contribution in [0, 0.1) is 17.5 Å². The lowest BCUT2D eigenvalue weighted by atomic mass is 10.0. The average molecular weight is 425 g/mol. The van der Waals surface area contributed by atoms with Crippen LogP contribution in [-0.2, 0) is 21.2 Å². The van der Waals surface area contributed by atoms with Crippen LogP contribution in [-0.4, -0.2) is 38.7 Å². The molecular formula is C19H18F3N3O3S. The molecule has 0 fully saturated rings. The highest BCUT2D eigenvalue weighted by Crippen LogP contribution is 2.32. The summed E-state index contributed by atoms with van der Waals surface area (Å²) in [7, 11) is -3.50. The summed E-state index contributed by atoms with van der Waals surface area (Å²) in [5, 5.41) is 2.86. The minimum atomic E-state index is -3.50. The fourth-order valence-electron chi connectivity index (χ4n) is 2.98. The third-order valence-corrected chi connectivity index (χ3v) is 4.93. The molecule has 0 aliphatic heterocycles. The summed E-state index contributed by atoms with van der Waals surface area (Å²) in [6.07, 6.45) is 1.14. The molecule has 1 amide bonds. The van der Waals surface area contributed by atoms with Crippen molar-refractivity contribution in [1.29, 1.82) is 0 Å². The molecule has 0 bridgehead atoms. The normalized spacial score (nSPS) is 11.7. The molecule has 1 aromatic heterocycles. The highest BCUT2D eigenvalue weighted by Gasteiger charge is 2.17. The first-order chi connectivity index (χ1) is 13.6. The standard InChI is InChI=1S/C19H18F3N3O3S/c1-29(27,28)24-10-17(26)23-7-6-14-15-8-13(21)9-16(22)19(15)25-18(14)11-2-4-12(20)5-3-11/h2-5,8-9,24-25H,6-7,10H2,1H3,(H,23,26). The number of hydrogen-bond donors (Lipinski definition) is 3. The fourth-order valence-corrected chi connectivity index (χ4v) is 3.38. The first kappa shape index (κ1) is 20.9. The van der Waals surface area contributed by atoms with Gasteiger partial charge in [0.2, 0.25) is 15.9 Å². The first-order valence-corrected chi connectivity index (χ1v) is 10.5. The van der Waals surface area contributed by atoms with Crippen molar-refractivity contribution in [2.24, 2.45) is 0 Å². The van der Waals surface area contributed by atoms with E-state index in [-0.39, 0.29) is 18.5 Å². The van der Waals surface area contributed by atoms with Crippen molar-refractivity contribution in [3.8, 4) is 11.3 Å². The number of amides is 1. The summed E-state index contributed by atoms with van der Waals surface area (Å²) in [5.41, 5.74) is 1.70.